The molecule has 4 atom stereocenters. The van der Waals surface area contributed by atoms with Crippen LogP contribution in [0, 0.1) is 5.92 Å². The minimum absolute atomic E-state index is 0.0883. The normalized spacial score (nSPS) is 24.6. The molecular weight excluding hydrogens is 617 g/mol. The van der Waals surface area contributed by atoms with Crippen LogP contribution in [0.15, 0.2) is 60.7 Å². The molecule has 3 unspecified atom stereocenters. The van der Waals surface area contributed by atoms with E-state index in [2.05, 4.69) is 0 Å². The topological polar surface area (TPSA) is 62.2 Å². The number of rotatable bonds is 8. The molecule has 1 amide bonds. The smallest absolute Gasteiger partial charge is 0.401 e. The van der Waals surface area contributed by atoms with Gasteiger partial charge < -0.3 is 19.5 Å². The van der Waals surface area contributed by atoms with Crippen LogP contribution in [-0.2, 0) is 16.8 Å². The number of alkyl halides is 3. The van der Waals surface area contributed by atoms with Gasteiger partial charge >= 0.3 is 6.18 Å². The predicted molar refractivity (Wildman–Crippen MR) is 172 cm³/mol. The van der Waals surface area contributed by atoms with Crippen LogP contribution in [0.1, 0.15) is 74.8 Å². The van der Waals surface area contributed by atoms with Crippen molar-refractivity contribution in [2.24, 2.45) is 5.92 Å². The molecular formula is C36H40ClF3N2O4. The number of methoxy groups -OCH3 is 1. The van der Waals surface area contributed by atoms with Crippen LogP contribution in [0.3, 0.4) is 0 Å². The van der Waals surface area contributed by atoms with Gasteiger partial charge in [0.2, 0.25) is 5.91 Å². The number of anilines is 1. The van der Waals surface area contributed by atoms with Crippen molar-refractivity contribution in [1.29, 1.82) is 0 Å². The summed E-state index contributed by atoms with van der Waals surface area (Å²) in [5.41, 5.74) is 2.73. The Morgan fingerprint density at radius 2 is 1.61 bits per heavy atom. The van der Waals surface area contributed by atoms with Crippen molar-refractivity contribution < 1.29 is 32.5 Å². The zero-order chi connectivity index (χ0) is 33.0. The first-order valence-electron chi connectivity index (χ1n) is 15.9. The van der Waals surface area contributed by atoms with Gasteiger partial charge in [0.05, 0.1) is 37.8 Å². The number of hydrogen-bond acceptors (Lipinski definition) is 5. The number of fused-ring (bicyclic) bond motifs is 3. The summed E-state index contributed by atoms with van der Waals surface area (Å²) >= 11 is 6.24. The molecule has 1 N–H and O–H groups in total. The molecule has 0 aromatic heterocycles. The van der Waals surface area contributed by atoms with Crippen LogP contribution in [-0.4, -0.2) is 53.9 Å². The molecule has 2 bridgehead atoms. The molecule has 6 nitrogen and oxygen atoms in total. The maximum Gasteiger partial charge on any atom is 0.401 e. The van der Waals surface area contributed by atoms with Crippen molar-refractivity contribution in [3.8, 4) is 11.5 Å². The van der Waals surface area contributed by atoms with Gasteiger partial charge in [-0.05, 0) is 111 Å². The van der Waals surface area contributed by atoms with E-state index in [9.17, 15) is 23.1 Å². The minimum atomic E-state index is -4.24. The van der Waals surface area contributed by atoms with Crippen molar-refractivity contribution in [2.45, 2.75) is 88.9 Å². The van der Waals surface area contributed by atoms with Gasteiger partial charge in [0.25, 0.3) is 0 Å². The zero-order valence-electron chi connectivity index (χ0n) is 26.5. The highest BCUT2D eigenvalue weighted by Crippen LogP contribution is 2.48. The van der Waals surface area contributed by atoms with E-state index < -0.39 is 24.4 Å². The zero-order valence-corrected chi connectivity index (χ0v) is 27.2. The molecule has 3 heterocycles. The highest BCUT2D eigenvalue weighted by atomic mass is 35.5. The first-order valence-corrected chi connectivity index (χ1v) is 16.2. The van der Waals surface area contributed by atoms with Crippen LogP contribution in [0.5, 0.6) is 11.5 Å². The van der Waals surface area contributed by atoms with Gasteiger partial charge in [-0.25, -0.2) is 0 Å². The Kier molecular flexibility index (Phi) is 8.80. The maximum atomic E-state index is 13.9. The summed E-state index contributed by atoms with van der Waals surface area (Å²) in [7, 11) is 1.58. The number of ether oxygens (including phenoxy) is 2. The summed E-state index contributed by atoms with van der Waals surface area (Å²) < 4.78 is 51.4. The molecule has 3 aliphatic heterocycles. The SMILES string of the molecule is COc1cc2c(cc1OC(C)C)[C@H](c1ccc(Cl)cc1)N(c1ccc(C(C)(O)C3CC4CCC(C3)N4CC(F)(F)F)cc1)C(=O)C2. The summed E-state index contributed by atoms with van der Waals surface area (Å²) in [5, 5.41) is 12.4. The Labute approximate surface area is 273 Å². The number of nitrogens with zero attached hydrogens (tertiary/aromatic N) is 2. The second kappa shape index (κ2) is 12.4. The standard InChI is InChI=1S/C36H40ClF3N2O4/c1-21(2)46-32-19-30-23(15-31(32)45-4)16-33(43)42(34(30)22-5-9-26(37)10-6-22)27-11-7-24(8-12-27)35(3,44)25-17-28-13-14-29(18-25)41(28)20-36(38,39)40/h5-12,15,19,21,25,28-29,34,44H,13-14,16-18,20H2,1-4H3/t25?,28?,29?,34-,35?/m0/s1. The largest absolute Gasteiger partial charge is 0.493 e. The van der Waals surface area contributed by atoms with Gasteiger partial charge in [0.1, 0.15) is 0 Å². The number of aliphatic hydroxyl groups is 1. The van der Waals surface area contributed by atoms with Crippen molar-refractivity contribution in [3.05, 3.63) is 87.9 Å². The lowest BCUT2D eigenvalue weighted by atomic mass is 9.75. The number of carbonyl (C=O) groups is 1. The quantitative estimate of drug-likeness (QED) is 0.268. The first-order chi connectivity index (χ1) is 21.7. The number of carbonyl (C=O) groups excluding carboxylic acids is 1. The van der Waals surface area contributed by atoms with E-state index in [0.717, 1.165) is 16.7 Å². The fourth-order valence-corrected chi connectivity index (χ4v) is 7.85. The van der Waals surface area contributed by atoms with Gasteiger partial charge in [-0.1, -0.05) is 35.9 Å². The predicted octanol–water partition coefficient (Wildman–Crippen LogP) is 7.83. The fourth-order valence-electron chi connectivity index (χ4n) is 7.72. The van der Waals surface area contributed by atoms with E-state index >= 15 is 0 Å². The van der Waals surface area contributed by atoms with E-state index in [1.54, 1.807) is 36.0 Å². The summed E-state index contributed by atoms with van der Waals surface area (Å²) in [5.74, 6) is 0.874. The van der Waals surface area contributed by atoms with Gasteiger partial charge in [0.15, 0.2) is 11.5 Å². The Morgan fingerprint density at radius 1 is 0.978 bits per heavy atom. The van der Waals surface area contributed by atoms with Crippen molar-refractivity contribution in [1.82, 2.24) is 4.90 Å². The van der Waals surface area contributed by atoms with Gasteiger partial charge in [0, 0.05) is 22.8 Å². The van der Waals surface area contributed by atoms with Crippen LogP contribution in [0.25, 0.3) is 0 Å². The van der Waals surface area contributed by atoms with Crippen LogP contribution < -0.4 is 14.4 Å². The number of halogens is 4. The lowest BCUT2D eigenvalue weighted by Crippen LogP contribution is -2.50. The molecule has 246 valence electrons. The van der Waals surface area contributed by atoms with E-state index in [4.69, 9.17) is 21.1 Å². The van der Waals surface area contributed by atoms with E-state index in [1.165, 1.54) is 0 Å². The highest BCUT2D eigenvalue weighted by Gasteiger charge is 2.49. The Hall–Kier alpha value is -3.27. The molecule has 2 saturated heterocycles. The minimum Gasteiger partial charge on any atom is -0.493 e. The lowest BCUT2D eigenvalue weighted by molar-refractivity contribution is -0.161. The molecule has 10 heteroatoms. The Balaban J connectivity index is 1.32. The summed E-state index contributed by atoms with van der Waals surface area (Å²) in [6, 6.07) is 17.8. The summed E-state index contributed by atoms with van der Waals surface area (Å²) in [4.78, 5) is 17.3. The van der Waals surface area contributed by atoms with Crippen molar-refractivity contribution in [3.63, 3.8) is 0 Å². The number of benzene rings is 3. The van der Waals surface area contributed by atoms with Gasteiger partial charge in [-0.15, -0.1) is 0 Å². The number of hydrogen-bond donors (Lipinski definition) is 1. The van der Waals surface area contributed by atoms with Crippen molar-refractivity contribution in [2.75, 3.05) is 18.6 Å². The van der Waals surface area contributed by atoms with Crippen molar-refractivity contribution >= 4 is 23.2 Å². The molecule has 3 aromatic carbocycles. The molecule has 0 aliphatic carbocycles. The molecule has 6 rings (SSSR count). The summed E-state index contributed by atoms with van der Waals surface area (Å²) in [6.45, 7) is 4.75. The first kappa shape index (κ1) is 32.7. The van der Waals surface area contributed by atoms with Crippen LogP contribution in [0.4, 0.5) is 18.9 Å². The molecule has 0 saturated carbocycles. The molecule has 2 fully saturated rings. The third-order valence-corrected chi connectivity index (χ3v) is 10.2. The second-order valence-electron chi connectivity index (χ2n) is 13.3. The monoisotopic (exact) mass is 656 g/mol. The molecule has 3 aromatic rings. The van der Waals surface area contributed by atoms with Gasteiger partial charge in [-0.3, -0.25) is 9.69 Å². The number of piperidine rings is 1. The molecule has 0 radical (unpaired) electrons. The third kappa shape index (κ3) is 6.34. The molecule has 0 spiro atoms. The maximum absolute atomic E-state index is 13.9. The Morgan fingerprint density at radius 3 is 2.17 bits per heavy atom. The molecule has 46 heavy (non-hydrogen) atoms. The third-order valence-electron chi connectivity index (χ3n) is 9.91. The van der Waals surface area contributed by atoms with Crippen LogP contribution >= 0.6 is 11.6 Å². The van der Waals surface area contributed by atoms with Gasteiger partial charge in [-0.2, -0.15) is 13.2 Å². The van der Waals surface area contributed by atoms with E-state index in [0.29, 0.717) is 53.5 Å². The van der Waals surface area contributed by atoms with E-state index in [1.807, 2.05) is 62.4 Å². The average molecular weight is 657 g/mol. The summed E-state index contributed by atoms with van der Waals surface area (Å²) in [6.07, 6.45) is -1.72. The Bertz CT molecular complexity index is 1560. The highest BCUT2D eigenvalue weighted by molar-refractivity contribution is 6.30. The fraction of sp³-hybridized carbons (Fsp3) is 0.472. The van der Waals surface area contributed by atoms with E-state index in [-0.39, 0.29) is 36.4 Å². The lowest BCUT2D eigenvalue weighted by Gasteiger charge is -2.44. The molecule has 3 aliphatic rings. The van der Waals surface area contributed by atoms with Crippen LogP contribution in [0.2, 0.25) is 5.02 Å². The second-order valence-corrected chi connectivity index (χ2v) is 13.7. The number of amides is 1. The average Bonchev–Trinajstić information content (AvgIpc) is 3.20.